The van der Waals surface area contributed by atoms with Gasteiger partial charge < -0.3 is 10.0 Å². The first-order valence-corrected chi connectivity index (χ1v) is 4.33. The van der Waals surface area contributed by atoms with Crippen molar-refractivity contribution >= 4 is 0 Å². The molecular formula is C9H18NO. The minimum Gasteiger partial charge on any atom is -0.390 e. The van der Waals surface area contributed by atoms with E-state index < -0.39 is 5.60 Å². The molecule has 2 heteroatoms. The van der Waals surface area contributed by atoms with Gasteiger partial charge in [-0.1, -0.05) is 0 Å². The molecule has 1 radical (unpaired) electrons. The van der Waals surface area contributed by atoms with Crippen LogP contribution in [0, 0.1) is 6.92 Å². The van der Waals surface area contributed by atoms with Gasteiger partial charge >= 0.3 is 0 Å². The van der Waals surface area contributed by atoms with Crippen molar-refractivity contribution in [2.75, 3.05) is 13.1 Å². The summed E-state index contributed by atoms with van der Waals surface area (Å²) in [5, 5.41) is 9.54. The van der Waals surface area contributed by atoms with Crippen molar-refractivity contribution in [3.63, 3.8) is 0 Å². The van der Waals surface area contributed by atoms with E-state index in [2.05, 4.69) is 25.7 Å². The van der Waals surface area contributed by atoms with Crippen molar-refractivity contribution in [3.8, 4) is 0 Å². The molecule has 0 aliphatic carbocycles. The van der Waals surface area contributed by atoms with E-state index in [-0.39, 0.29) is 0 Å². The van der Waals surface area contributed by atoms with Gasteiger partial charge in [-0.2, -0.15) is 0 Å². The summed E-state index contributed by atoms with van der Waals surface area (Å²) >= 11 is 0. The van der Waals surface area contributed by atoms with Crippen molar-refractivity contribution in [1.82, 2.24) is 4.90 Å². The number of rotatable bonds is 1. The molecule has 1 aliphatic rings. The molecule has 2 nitrogen and oxygen atoms in total. The highest BCUT2D eigenvalue weighted by Crippen LogP contribution is 2.21. The number of hydrogen-bond acceptors (Lipinski definition) is 2. The first kappa shape index (κ1) is 9.01. The van der Waals surface area contributed by atoms with E-state index in [1.54, 1.807) is 0 Å². The predicted octanol–water partition coefficient (Wildman–Crippen LogP) is 1.06. The highest BCUT2D eigenvalue weighted by atomic mass is 16.3. The van der Waals surface area contributed by atoms with Gasteiger partial charge in [0.15, 0.2) is 0 Å². The molecule has 1 fully saturated rings. The maximum atomic E-state index is 9.54. The van der Waals surface area contributed by atoms with Gasteiger partial charge in [0.05, 0.1) is 5.60 Å². The highest BCUT2D eigenvalue weighted by Gasteiger charge is 2.27. The molecule has 0 bridgehead atoms. The summed E-state index contributed by atoms with van der Waals surface area (Å²) in [6, 6.07) is 0.603. The van der Waals surface area contributed by atoms with Crippen LogP contribution < -0.4 is 0 Å². The lowest BCUT2D eigenvalue weighted by Crippen LogP contribution is -2.45. The van der Waals surface area contributed by atoms with Crippen LogP contribution >= 0.6 is 0 Å². The average Bonchev–Trinajstić information content (AvgIpc) is 1.86. The molecule has 11 heavy (non-hydrogen) atoms. The summed E-state index contributed by atoms with van der Waals surface area (Å²) < 4.78 is 0. The number of piperidine rings is 1. The Morgan fingerprint density at radius 2 is 1.82 bits per heavy atom. The van der Waals surface area contributed by atoms with Crippen LogP contribution in [0.2, 0.25) is 0 Å². The third-order valence-electron chi connectivity index (χ3n) is 2.46. The van der Waals surface area contributed by atoms with E-state index in [1.807, 2.05) is 0 Å². The first-order chi connectivity index (χ1) is 5.01. The SMILES string of the molecule is [CH2]C1(O)CCN(C(C)C)CC1. The van der Waals surface area contributed by atoms with E-state index in [9.17, 15) is 5.11 Å². The van der Waals surface area contributed by atoms with Crippen LogP contribution in [0.5, 0.6) is 0 Å². The highest BCUT2D eigenvalue weighted by molar-refractivity contribution is 4.88. The summed E-state index contributed by atoms with van der Waals surface area (Å²) in [5.41, 5.74) is -0.647. The van der Waals surface area contributed by atoms with Gasteiger partial charge in [0.25, 0.3) is 0 Å². The van der Waals surface area contributed by atoms with Gasteiger partial charge in [-0.25, -0.2) is 0 Å². The van der Waals surface area contributed by atoms with Crippen LogP contribution in [0.15, 0.2) is 0 Å². The lowest BCUT2D eigenvalue weighted by molar-refractivity contribution is 0.00803. The predicted molar refractivity (Wildman–Crippen MR) is 46.2 cm³/mol. The zero-order valence-corrected chi connectivity index (χ0v) is 7.51. The van der Waals surface area contributed by atoms with Gasteiger partial charge in [-0.3, -0.25) is 0 Å². The molecule has 1 heterocycles. The maximum absolute atomic E-state index is 9.54. The second-order valence-electron chi connectivity index (χ2n) is 3.85. The average molecular weight is 156 g/mol. The van der Waals surface area contributed by atoms with Gasteiger partial charge in [-0.05, 0) is 33.6 Å². The van der Waals surface area contributed by atoms with E-state index in [0.29, 0.717) is 6.04 Å². The fourth-order valence-corrected chi connectivity index (χ4v) is 1.46. The van der Waals surface area contributed by atoms with E-state index >= 15 is 0 Å². The molecule has 0 aromatic carbocycles. The Hall–Kier alpha value is -0.0800. The summed E-state index contributed by atoms with van der Waals surface area (Å²) in [7, 11) is 0. The van der Waals surface area contributed by atoms with Crippen LogP contribution in [0.4, 0.5) is 0 Å². The number of likely N-dealkylation sites (tertiary alicyclic amines) is 1. The fraction of sp³-hybridized carbons (Fsp3) is 0.889. The summed E-state index contributed by atoms with van der Waals surface area (Å²) in [6.07, 6.45) is 1.62. The zero-order valence-electron chi connectivity index (χ0n) is 7.51. The Labute approximate surface area is 69.2 Å². The second-order valence-corrected chi connectivity index (χ2v) is 3.85. The molecule has 1 rings (SSSR count). The summed E-state index contributed by atoms with van der Waals surface area (Å²) in [5.74, 6) is 0. The summed E-state index contributed by atoms with van der Waals surface area (Å²) in [4.78, 5) is 2.37. The standard InChI is InChI=1S/C9H18NO/c1-8(2)10-6-4-9(3,11)5-7-10/h8,11H,3-7H2,1-2H3. The molecule has 0 atom stereocenters. The van der Waals surface area contributed by atoms with Gasteiger partial charge in [-0.15, -0.1) is 0 Å². The smallest absolute Gasteiger partial charge is 0.0673 e. The number of aliphatic hydroxyl groups is 1. The van der Waals surface area contributed by atoms with E-state index in [4.69, 9.17) is 0 Å². The molecule has 0 aromatic rings. The van der Waals surface area contributed by atoms with Crippen molar-refractivity contribution < 1.29 is 5.11 Å². The van der Waals surface area contributed by atoms with E-state index in [0.717, 1.165) is 25.9 Å². The Morgan fingerprint density at radius 1 is 1.36 bits per heavy atom. The minimum atomic E-state index is -0.647. The number of nitrogens with zero attached hydrogens (tertiary/aromatic N) is 1. The molecule has 1 aliphatic heterocycles. The molecule has 65 valence electrons. The third-order valence-corrected chi connectivity index (χ3v) is 2.46. The number of hydrogen-bond donors (Lipinski definition) is 1. The summed E-state index contributed by atoms with van der Waals surface area (Å²) in [6.45, 7) is 10.1. The molecule has 0 spiro atoms. The van der Waals surface area contributed by atoms with Gasteiger partial charge in [0, 0.05) is 19.1 Å². The maximum Gasteiger partial charge on any atom is 0.0673 e. The van der Waals surface area contributed by atoms with Crippen molar-refractivity contribution in [1.29, 1.82) is 0 Å². The normalized spacial score (nSPS) is 25.9. The van der Waals surface area contributed by atoms with Crippen molar-refractivity contribution in [2.45, 2.75) is 38.3 Å². The Bertz CT molecular complexity index is 122. The van der Waals surface area contributed by atoms with Crippen LogP contribution in [-0.4, -0.2) is 34.7 Å². The molecule has 1 N–H and O–H groups in total. The first-order valence-electron chi connectivity index (χ1n) is 4.33. The molecule has 0 amide bonds. The van der Waals surface area contributed by atoms with Gasteiger partial charge in [0.2, 0.25) is 0 Å². The van der Waals surface area contributed by atoms with Crippen molar-refractivity contribution in [2.24, 2.45) is 0 Å². The van der Waals surface area contributed by atoms with Crippen LogP contribution in [0.25, 0.3) is 0 Å². The Kier molecular flexibility index (Phi) is 2.55. The molecule has 1 saturated heterocycles. The quantitative estimate of drug-likeness (QED) is 0.613. The molecule has 0 saturated carbocycles. The Morgan fingerprint density at radius 3 is 2.18 bits per heavy atom. The van der Waals surface area contributed by atoms with Crippen LogP contribution in [0.1, 0.15) is 26.7 Å². The van der Waals surface area contributed by atoms with E-state index in [1.165, 1.54) is 0 Å². The molecule has 0 aromatic heterocycles. The van der Waals surface area contributed by atoms with Crippen LogP contribution in [0.3, 0.4) is 0 Å². The molecular weight excluding hydrogens is 138 g/mol. The van der Waals surface area contributed by atoms with Gasteiger partial charge in [0.1, 0.15) is 0 Å². The fourth-order valence-electron chi connectivity index (χ4n) is 1.46. The van der Waals surface area contributed by atoms with Crippen LogP contribution in [-0.2, 0) is 0 Å². The zero-order chi connectivity index (χ0) is 8.48. The Balaban J connectivity index is 2.36. The largest absolute Gasteiger partial charge is 0.390 e. The molecule has 0 unspecified atom stereocenters. The van der Waals surface area contributed by atoms with Crippen molar-refractivity contribution in [3.05, 3.63) is 6.92 Å². The lowest BCUT2D eigenvalue weighted by atomic mass is 9.93. The topological polar surface area (TPSA) is 23.5 Å². The lowest BCUT2D eigenvalue weighted by Gasteiger charge is -2.37. The minimum absolute atomic E-state index is 0.603. The third kappa shape index (κ3) is 2.46. The second kappa shape index (κ2) is 3.11. The monoisotopic (exact) mass is 156 g/mol.